The minimum Gasteiger partial charge on any atom is -0.350 e. The summed E-state index contributed by atoms with van der Waals surface area (Å²) in [6.07, 6.45) is 6.02. The zero-order valence-corrected chi connectivity index (χ0v) is 8.55. The summed E-state index contributed by atoms with van der Waals surface area (Å²) in [7, 11) is 0. The van der Waals surface area contributed by atoms with Gasteiger partial charge < -0.3 is 9.47 Å². The predicted molar refractivity (Wildman–Crippen MR) is 53.6 cm³/mol. The first-order valence-corrected chi connectivity index (χ1v) is 5.16. The van der Waals surface area contributed by atoms with Gasteiger partial charge in [-0.1, -0.05) is 12.0 Å². The predicted octanol–water partition coefficient (Wildman–Crippen LogP) is 2.89. The molecule has 0 spiro atoms. The molecule has 13 heavy (non-hydrogen) atoms. The lowest BCUT2D eigenvalue weighted by Gasteiger charge is -2.07. The van der Waals surface area contributed by atoms with Crippen LogP contribution in [0, 0.1) is 0 Å². The second kappa shape index (κ2) is 6.17. The van der Waals surface area contributed by atoms with Crippen molar-refractivity contribution in [3.63, 3.8) is 0 Å². The molecule has 1 heterocycles. The Labute approximate surface area is 80.9 Å². The quantitative estimate of drug-likeness (QED) is 0.467. The Kier molecular flexibility index (Phi) is 5.09. The lowest BCUT2D eigenvalue weighted by molar-refractivity contribution is -0.0479. The minimum atomic E-state index is 0.0878. The van der Waals surface area contributed by atoms with Gasteiger partial charge in [0.25, 0.3) is 0 Å². The van der Waals surface area contributed by atoms with E-state index in [0.717, 1.165) is 26.1 Å². The van der Waals surface area contributed by atoms with Crippen molar-refractivity contribution in [2.45, 2.75) is 45.3 Å². The van der Waals surface area contributed by atoms with E-state index in [1.54, 1.807) is 0 Å². The van der Waals surface area contributed by atoms with Gasteiger partial charge in [-0.25, -0.2) is 0 Å². The maximum Gasteiger partial charge on any atom is 0.157 e. The molecule has 0 saturated carbocycles. The Morgan fingerprint density at radius 1 is 1.23 bits per heavy atom. The van der Waals surface area contributed by atoms with Crippen molar-refractivity contribution in [1.29, 1.82) is 0 Å². The van der Waals surface area contributed by atoms with Crippen LogP contribution < -0.4 is 0 Å². The fourth-order valence-corrected chi connectivity index (χ4v) is 1.49. The third kappa shape index (κ3) is 5.06. The highest BCUT2D eigenvalue weighted by Gasteiger charge is 2.14. The Hall–Kier alpha value is -0.340. The van der Waals surface area contributed by atoms with Crippen LogP contribution in [0.3, 0.4) is 0 Å². The van der Waals surface area contributed by atoms with Crippen LogP contribution in [0.15, 0.2) is 12.2 Å². The first-order valence-electron chi connectivity index (χ1n) is 5.16. The Morgan fingerprint density at radius 2 is 1.92 bits per heavy atom. The van der Waals surface area contributed by atoms with Crippen LogP contribution in [0.25, 0.3) is 0 Å². The average molecular weight is 184 g/mol. The second-order valence-electron chi connectivity index (χ2n) is 3.73. The summed E-state index contributed by atoms with van der Waals surface area (Å²) in [6.45, 7) is 7.52. The molecule has 0 atom stereocenters. The number of hydrogen-bond donors (Lipinski definition) is 0. The van der Waals surface area contributed by atoms with Crippen LogP contribution >= 0.6 is 0 Å². The Morgan fingerprint density at radius 3 is 2.54 bits per heavy atom. The molecule has 2 nitrogen and oxygen atoms in total. The lowest BCUT2D eigenvalue weighted by atomic mass is 10.1. The highest BCUT2D eigenvalue weighted by Crippen LogP contribution is 2.14. The molecule has 1 aliphatic rings. The third-order valence-electron chi connectivity index (χ3n) is 2.23. The van der Waals surface area contributed by atoms with Crippen LogP contribution in [-0.2, 0) is 9.47 Å². The first kappa shape index (κ1) is 10.7. The number of unbranched alkanes of at least 4 members (excludes halogenated alkanes) is 2. The van der Waals surface area contributed by atoms with Crippen LogP contribution in [0.2, 0.25) is 0 Å². The maximum atomic E-state index is 5.34. The van der Waals surface area contributed by atoms with E-state index in [1.807, 2.05) is 0 Å². The van der Waals surface area contributed by atoms with Gasteiger partial charge in [0, 0.05) is 0 Å². The summed E-state index contributed by atoms with van der Waals surface area (Å²) in [5.74, 6) is 0. The van der Waals surface area contributed by atoms with E-state index >= 15 is 0 Å². The van der Waals surface area contributed by atoms with Gasteiger partial charge in [-0.3, -0.25) is 0 Å². The summed E-state index contributed by atoms with van der Waals surface area (Å²) in [6, 6.07) is 0. The molecule has 1 aliphatic heterocycles. The smallest absolute Gasteiger partial charge is 0.157 e. The number of rotatable bonds is 6. The van der Waals surface area contributed by atoms with E-state index in [2.05, 4.69) is 13.5 Å². The minimum absolute atomic E-state index is 0.0878. The van der Waals surface area contributed by atoms with E-state index in [9.17, 15) is 0 Å². The largest absolute Gasteiger partial charge is 0.350 e. The summed E-state index contributed by atoms with van der Waals surface area (Å²) in [4.78, 5) is 0. The molecular weight excluding hydrogens is 164 g/mol. The van der Waals surface area contributed by atoms with Gasteiger partial charge >= 0.3 is 0 Å². The van der Waals surface area contributed by atoms with Gasteiger partial charge in [-0.15, -0.1) is 6.58 Å². The number of ether oxygens (including phenoxy) is 2. The molecule has 0 radical (unpaired) electrons. The monoisotopic (exact) mass is 184 g/mol. The van der Waals surface area contributed by atoms with E-state index in [1.165, 1.54) is 24.8 Å². The molecule has 0 aromatic heterocycles. The Bertz CT molecular complexity index is 148. The van der Waals surface area contributed by atoms with E-state index in [4.69, 9.17) is 9.47 Å². The molecule has 0 bridgehead atoms. The summed E-state index contributed by atoms with van der Waals surface area (Å²) < 4.78 is 10.7. The Balaban J connectivity index is 1.86. The molecule has 0 N–H and O–H groups in total. The van der Waals surface area contributed by atoms with Crippen molar-refractivity contribution in [2.75, 3.05) is 13.2 Å². The van der Waals surface area contributed by atoms with Gasteiger partial charge in [-0.05, 0) is 32.6 Å². The van der Waals surface area contributed by atoms with Crippen LogP contribution in [0.5, 0.6) is 0 Å². The van der Waals surface area contributed by atoms with E-state index in [-0.39, 0.29) is 6.29 Å². The summed E-state index contributed by atoms with van der Waals surface area (Å²) in [5, 5.41) is 0. The van der Waals surface area contributed by atoms with Crippen molar-refractivity contribution >= 4 is 0 Å². The molecule has 1 rings (SSSR count). The topological polar surface area (TPSA) is 18.5 Å². The third-order valence-corrected chi connectivity index (χ3v) is 2.23. The summed E-state index contributed by atoms with van der Waals surface area (Å²) in [5.41, 5.74) is 1.29. The van der Waals surface area contributed by atoms with Crippen LogP contribution in [0.4, 0.5) is 0 Å². The fraction of sp³-hybridized carbons (Fsp3) is 0.818. The molecule has 76 valence electrons. The maximum absolute atomic E-state index is 5.34. The van der Waals surface area contributed by atoms with Crippen LogP contribution in [-0.4, -0.2) is 19.5 Å². The molecule has 2 heteroatoms. The zero-order valence-electron chi connectivity index (χ0n) is 8.55. The van der Waals surface area contributed by atoms with Gasteiger partial charge in [0.15, 0.2) is 6.29 Å². The molecule has 0 aliphatic carbocycles. The molecule has 0 amide bonds. The van der Waals surface area contributed by atoms with Crippen molar-refractivity contribution in [2.24, 2.45) is 0 Å². The highest BCUT2D eigenvalue weighted by atomic mass is 16.7. The summed E-state index contributed by atoms with van der Waals surface area (Å²) >= 11 is 0. The van der Waals surface area contributed by atoms with E-state index in [0.29, 0.717) is 0 Å². The molecule has 0 aromatic rings. The molecule has 0 aromatic carbocycles. The number of hydrogen-bond acceptors (Lipinski definition) is 2. The molecular formula is C11H20O2. The van der Waals surface area contributed by atoms with Crippen molar-refractivity contribution < 1.29 is 9.47 Å². The normalized spacial score (nSPS) is 17.9. The van der Waals surface area contributed by atoms with Gasteiger partial charge in [0.2, 0.25) is 0 Å². The molecule has 0 unspecified atom stereocenters. The highest BCUT2D eigenvalue weighted by molar-refractivity contribution is 4.86. The molecule has 1 saturated heterocycles. The standard InChI is InChI=1S/C11H20O2/c1-10(2)6-4-3-5-7-11-12-8-9-13-11/h11H,1,3-9H2,2H3. The van der Waals surface area contributed by atoms with Gasteiger partial charge in [0.1, 0.15) is 0 Å². The average Bonchev–Trinajstić information content (AvgIpc) is 2.55. The van der Waals surface area contributed by atoms with Gasteiger partial charge in [-0.2, -0.15) is 0 Å². The van der Waals surface area contributed by atoms with Crippen LogP contribution in [0.1, 0.15) is 39.0 Å². The van der Waals surface area contributed by atoms with Crippen molar-refractivity contribution in [3.05, 3.63) is 12.2 Å². The van der Waals surface area contributed by atoms with E-state index < -0.39 is 0 Å². The lowest BCUT2D eigenvalue weighted by Crippen LogP contribution is -2.06. The zero-order chi connectivity index (χ0) is 9.52. The van der Waals surface area contributed by atoms with Crippen molar-refractivity contribution in [3.8, 4) is 0 Å². The second-order valence-corrected chi connectivity index (χ2v) is 3.73. The SMILES string of the molecule is C=C(C)CCCCCC1OCCO1. The van der Waals surface area contributed by atoms with Crippen molar-refractivity contribution in [1.82, 2.24) is 0 Å². The number of allylic oxidation sites excluding steroid dienone is 1. The first-order chi connectivity index (χ1) is 6.29. The van der Waals surface area contributed by atoms with Gasteiger partial charge in [0.05, 0.1) is 13.2 Å². The fourth-order valence-electron chi connectivity index (χ4n) is 1.49. The molecule has 1 fully saturated rings.